The summed E-state index contributed by atoms with van der Waals surface area (Å²) in [4.78, 5) is 38.9. The minimum Gasteiger partial charge on any atom is -0.339 e. The zero-order valence-electron chi connectivity index (χ0n) is 10.5. The summed E-state index contributed by atoms with van der Waals surface area (Å²) in [6.45, 7) is 0. The predicted molar refractivity (Wildman–Crippen MR) is 68.8 cm³/mol. The third-order valence-corrected chi connectivity index (χ3v) is 3.19. The number of imide groups is 1. The average Bonchev–Trinajstić information content (AvgIpc) is 2.86. The number of aromatic nitrogens is 2. The molecule has 1 aliphatic rings. The number of imidazole rings is 1. The molecule has 7 nitrogen and oxygen atoms in total. The van der Waals surface area contributed by atoms with Crippen molar-refractivity contribution in [1.29, 1.82) is 0 Å². The molecule has 2 aromatic heterocycles. The summed E-state index contributed by atoms with van der Waals surface area (Å²) in [5.41, 5.74) is 1.01. The fourth-order valence-electron chi connectivity index (χ4n) is 2.16. The molecule has 0 saturated carbocycles. The molecule has 0 aliphatic carbocycles. The summed E-state index contributed by atoms with van der Waals surface area (Å²) >= 11 is 0. The van der Waals surface area contributed by atoms with Crippen LogP contribution < -0.4 is 10.6 Å². The molecular weight excluding hydrogens is 260 g/mol. The standard InChI is InChI=1S/C13H12N4O3/c18-11-5-4-8(12(19)16-11)15-13(20)9-7-14-10-3-1-2-6-17(9)10/h1-3,6-8H,4-5H2,(H,15,20)(H,16,18,19)/t8-/m1/s1. The Morgan fingerprint density at radius 2 is 2.25 bits per heavy atom. The van der Waals surface area contributed by atoms with Crippen molar-refractivity contribution in [3.63, 3.8) is 0 Å². The second kappa shape index (κ2) is 4.76. The smallest absolute Gasteiger partial charge is 0.270 e. The number of rotatable bonds is 2. The molecule has 7 heteroatoms. The van der Waals surface area contributed by atoms with Gasteiger partial charge in [0.05, 0.1) is 6.20 Å². The number of nitrogens with zero attached hydrogens (tertiary/aromatic N) is 2. The highest BCUT2D eigenvalue weighted by Gasteiger charge is 2.28. The van der Waals surface area contributed by atoms with E-state index in [0.717, 1.165) is 0 Å². The molecule has 1 atom stereocenters. The molecule has 1 saturated heterocycles. The van der Waals surface area contributed by atoms with Gasteiger partial charge in [0, 0.05) is 12.6 Å². The maximum Gasteiger partial charge on any atom is 0.270 e. The monoisotopic (exact) mass is 272 g/mol. The van der Waals surface area contributed by atoms with Gasteiger partial charge >= 0.3 is 0 Å². The number of fused-ring (bicyclic) bond motifs is 1. The topological polar surface area (TPSA) is 92.6 Å². The number of hydrogen-bond donors (Lipinski definition) is 2. The van der Waals surface area contributed by atoms with Crippen LogP contribution in [0, 0.1) is 0 Å². The normalized spacial score (nSPS) is 18.9. The fraction of sp³-hybridized carbons (Fsp3) is 0.231. The minimum absolute atomic E-state index is 0.226. The van der Waals surface area contributed by atoms with Crippen molar-refractivity contribution in [1.82, 2.24) is 20.0 Å². The highest BCUT2D eigenvalue weighted by molar-refractivity contribution is 6.03. The second-order valence-electron chi connectivity index (χ2n) is 4.55. The van der Waals surface area contributed by atoms with Crippen LogP contribution in [-0.4, -0.2) is 33.1 Å². The molecule has 3 rings (SSSR count). The van der Waals surface area contributed by atoms with Gasteiger partial charge in [0.1, 0.15) is 17.4 Å². The van der Waals surface area contributed by atoms with Crippen molar-refractivity contribution in [2.45, 2.75) is 18.9 Å². The summed E-state index contributed by atoms with van der Waals surface area (Å²) in [6, 6.07) is 4.71. The van der Waals surface area contributed by atoms with E-state index in [1.807, 2.05) is 6.07 Å². The Bertz CT molecular complexity index is 706. The molecule has 1 fully saturated rings. The molecule has 2 aromatic rings. The lowest BCUT2D eigenvalue weighted by Crippen LogP contribution is -2.52. The lowest BCUT2D eigenvalue weighted by Gasteiger charge is -2.21. The Hall–Kier alpha value is -2.70. The van der Waals surface area contributed by atoms with Gasteiger partial charge in [-0.2, -0.15) is 0 Å². The lowest BCUT2D eigenvalue weighted by molar-refractivity contribution is -0.134. The van der Waals surface area contributed by atoms with Gasteiger partial charge in [0.2, 0.25) is 11.8 Å². The third-order valence-electron chi connectivity index (χ3n) is 3.19. The number of carbonyl (C=O) groups is 3. The summed E-state index contributed by atoms with van der Waals surface area (Å²) < 4.78 is 1.64. The van der Waals surface area contributed by atoms with Crippen molar-refractivity contribution in [3.8, 4) is 0 Å². The van der Waals surface area contributed by atoms with Gasteiger partial charge in [-0.3, -0.25) is 24.1 Å². The first kappa shape index (κ1) is 12.3. The van der Waals surface area contributed by atoms with Crippen molar-refractivity contribution < 1.29 is 14.4 Å². The number of pyridine rings is 1. The Balaban J connectivity index is 1.80. The number of hydrogen-bond acceptors (Lipinski definition) is 4. The molecule has 0 unspecified atom stereocenters. The third kappa shape index (κ3) is 2.13. The molecule has 2 N–H and O–H groups in total. The largest absolute Gasteiger partial charge is 0.339 e. The number of amides is 3. The molecule has 3 amide bonds. The fourth-order valence-corrected chi connectivity index (χ4v) is 2.16. The Morgan fingerprint density at radius 3 is 3.05 bits per heavy atom. The van der Waals surface area contributed by atoms with Crippen LogP contribution in [0.4, 0.5) is 0 Å². The van der Waals surface area contributed by atoms with Gasteiger partial charge in [-0.25, -0.2) is 4.98 Å². The van der Waals surface area contributed by atoms with Gasteiger partial charge in [-0.05, 0) is 18.6 Å². The van der Waals surface area contributed by atoms with E-state index in [4.69, 9.17) is 0 Å². The Morgan fingerprint density at radius 1 is 1.40 bits per heavy atom. The zero-order chi connectivity index (χ0) is 14.1. The Labute approximate surface area is 114 Å². The van der Waals surface area contributed by atoms with Crippen LogP contribution in [0.15, 0.2) is 30.6 Å². The predicted octanol–water partition coefficient (Wildman–Crippen LogP) is -0.131. The molecule has 1 aliphatic heterocycles. The summed E-state index contributed by atoms with van der Waals surface area (Å²) in [7, 11) is 0. The van der Waals surface area contributed by atoms with E-state index in [2.05, 4.69) is 15.6 Å². The van der Waals surface area contributed by atoms with Crippen LogP contribution in [0.5, 0.6) is 0 Å². The summed E-state index contributed by atoms with van der Waals surface area (Å²) in [6.07, 6.45) is 3.72. The number of piperidine rings is 1. The molecular formula is C13H12N4O3. The van der Waals surface area contributed by atoms with Crippen LogP contribution in [0.1, 0.15) is 23.3 Å². The van der Waals surface area contributed by atoms with Gasteiger partial charge < -0.3 is 5.32 Å². The SMILES string of the molecule is O=C1CC[C@@H](NC(=O)c2cnc3ccccn23)C(=O)N1. The maximum atomic E-state index is 12.2. The maximum absolute atomic E-state index is 12.2. The summed E-state index contributed by atoms with van der Waals surface area (Å²) in [5, 5.41) is 4.82. The molecule has 0 bridgehead atoms. The van der Waals surface area contributed by atoms with Crippen molar-refractivity contribution in [2.24, 2.45) is 0 Å². The van der Waals surface area contributed by atoms with E-state index >= 15 is 0 Å². The first-order chi connectivity index (χ1) is 9.65. The minimum atomic E-state index is -0.686. The highest BCUT2D eigenvalue weighted by Crippen LogP contribution is 2.09. The molecule has 20 heavy (non-hydrogen) atoms. The van der Waals surface area contributed by atoms with E-state index in [-0.39, 0.29) is 12.3 Å². The average molecular weight is 272 g/mol. The van der Waals surface area contributed by atoms with Crippen molar-refractivity contribution in [2.75, 3.05) is 0 Å². The molecule has 0 radical (unpaired) electrons. The first-order valence-electron chi connectivity index (χ1n) is 6.22. The van der Waals surface area contributed by atoms with Crippen molar-refractivity contribution in [3.05, 3.63) is 36.3 Å². The highest BCUT2D eigenvalue weighted by atomic mass is 16.2. The van der Waals surface area contributed by atoms with Crippen LogP contribution in [0.25, 0.3) is 5.65 Å². The lowest BCUT2D eigenvalue weighted by atomic mass is 10.1. The van der Waals surface area contributed by atoms with Gasteiger partial charge in [0.25, 0.3) is 5.91 Å². The van der Waals surface area contributed by atoms with Crippen molar-refractivity contribution >= 4 is 23.4 Å². The number of nitrogens with one attached hydrogen (secondary N) is 2. The second-order valence-corrected chi connectivity index (χ2v) is 4.55. The quantitative estimate of drug-likeness (QED) is 0.745. The molecule has 0 aromatic carbocycles. The summed E-state index contributed by atoms with van der Waals surface area (Å²) in [5.74, 6) is -1.17. The van der Waals surface area contributed by atoms with Gasteiger partial charge in [-0.1, -0.05) is 6.07 Å². The first-order valence-corrected chi connectivity index (χ1v) is 6.22. The van der Waals surface area contributed by atoms with E-state index in [0.29, 0.717) is 17.8 Å². The van der Waals surface area contributed by atoms with Gasteiger partial charge in [0.15, 0.2) is 0 Å². The van der Waals surface area contributed by atoms with E-state index in [9.17, 15) is 14.4 Å². The van der Waals surface area contributed by atoms with Crippen LogP contribution in [0.3, 0.4) is 0 Å². The van der Waals surface area contributed by atoms with E-state index < -0.39 is 17.9 Å². The van der Waals surface area contributed by atoms with E-state index in [1.165, 1.54) is 6.20 Å². The van der Waals surface area contributed by atoms with Crippen LogP contribution >= 0.6 is 0 Å². The number of carbonyl (C=O) groups excluding carboxylic acids is 3. The molecule has 102 valence electrons. The molecule has 0 spiro atoms. The van der Waals surface area contributed by atoms with Crippen LogP contribution in [0.2, 0.25) is 0 Å². The van der Waals surface area contributed by atoms with E-state index in [1.54, 1.807) is 22.7 Å². The molecule has 3 heterocycles. The van der Waals surface area contributed by atoms with Gasteiger partial charge in [-0.15, -0.1) is 0 Å². The van der Waals surface area contributed by atoms with Crippen LogP contribution in [-0.2, 0) is 9.59 Å². The zero-order valence-corrected chi connectivity index (χ0v) is 10.5. The Kier molecular flexibility index (Phi) is 2.94.